The van der Waals surface area contributed by atoms with Crippen LogP contribution < -0.4 is 0 Å². The van der Waals surface area contributed by atoms with Crippen LogP contribution in [0, 0.1) is 0 Å². The minimum absolute atomic E-state index is 0.171. The Balaban J connectivity index is 3.50. The van der Waals surface area contributed by atoms with E-state index in [0.29, 0.717) is 6.07 Å². The van der Waals surface area contributed by atoms with Gasteiger partial charge in [0, 0.05) is 11.1 Å². The van der Waals surface area contributed by atoms with Gasteiger partial charge in [0.1, 0.15) is 6.29 Å². The Morgan fingerprint density at radius 1 is 1.13 bits per heavy atom. The van der Waals surface area contributed by atoms with Crippen molar-refractivity contribution < 1.29 is 22.8 Å². The van der Waals surface area contributed by atoms with Crippen LogP contribution in [-0.2, 0) is 6.18 Å². The van der Waals surface area contributed by atoms with Gasteiger partial charge in [-0.15, -0.1) is 0 Å². The van der Waals surface area contributed by atoms with Crippen molar-refractivity contribution in [3.05, 3.63) is 33.8 Å². The lowest BCUT2D eigenvalue weighted by Gasteiger charge is -2.10. The highest BCUT2D eigenvalue weighted by Gasteiger charge is 2.34. The second-order valence-corrected chi connectivity index (χ2v) is 3.08. The highest BCUT2D eigenvalue weighted by molar-refractivity contribution is 6.33. The molecule has 0 aromatic heterocycles. The largest absolute Gasteiger partial charge is 0.417 e. The molecule has 1 aromatic carbocycles. The average molecular weight is 237 g/mol. The number of hydrogen-bond acceptors (Lipinski definition) is 2. The molecule has 0 atom stereocenters. The summed E-state index contributed by atoms with van der Waals surface area (Å²) in [5.41, 5.74) is -1.78. The topological polar surface area (TPSA) is 34.1 Å². The van der Waals surface area contributed by atoms with E-state index in [1.54, 1.807) is 0 Å². The number of rotatable bonds is 2. The molecule has 80 valence electrons. The van der Waals surface area contributed by atoms with Crippen LogP contribution >= 0.6 is 11.6 Å². The summed E-state index contributed by atoms with van der Waals surface area (Å²) in [5, 5.41) is -0.692. The van der Waals surface area contributed by atoms with E-state index in [1.165, 1.54) is 0 Å². The van der Waals surface area contributed by atoms with Crippen LogP contribution in [0.1, 0.15) is 26.3 Å². The standard InChI is InChI=1S/C9H4ClF3O2/c10-8-6(4-15)1-5(3-14)2-7(8)9(11,12)13/h1-4H. The molecule has 2 nitrogen and oxygen atoms in total. The summed E-state index contributed by atoms with van der Waals surface area (Å²) in [5.74, 6) is 0. The van der Waals surface area contributed by atoms with E-state index in [9.17, 15) is 22.8 Å². The average Bonchev–Trinajstić information content (AvgIpc) is 2.16. The summed E-state index contributed by atoms with van der Waals surface area (Å²) in [6.45, 7) is 0. The van der Waals surface area contributed by atoms with Gasteiger partial charge in [-0.2, -0.15) is 13.2 Å². The maximum absolute atomic E-state index is 12.4. The quantitative estimate of drug-likeness (QED) is 0.740. The molecule has 1 aromatic rings. The fourth-order valence-electron chi connectivity index (χ4n) is 1.03. The molecule has 0 spiro atoms. The number of hydrogen-bond donors (Lipinski definition) is 0. The Bertz CT molecular complexity index is 413. The van der Waals surface area contributed by atoms with Crippen LogP contribution in [0.3, 0.4) is 0 Å². The molecule has 0 N–H and O–H groups in total. The van der Waals surface area contributed by atoms with Gasteiger partial charge in [-0.1, -0.05) is 11.6 Å². The molecule has 0 heterocycles. The lowest BCUT2D eigenvalue weighted by Crippen LogP contribution is -2.08. The zero-order valence-corrected chi connectivity index (χ0v) is 7.89. The van der Waals surface area contributed by atoms with Crippen LogP contribution in [0.2, 0.25) is 5.02 Å². The third-order valence-electron chi connectivity index (χ3n) is 1.69. The summed E-state index contributed by atoms with van der Waals surface area (Å²) in [4.78, 5) is 20.7. The molecule has 0 bridgehead atoms. The first kappa shape index (κ1) is 11.7. The van der Waals surface area contributed by atoms with Gasteiger partial charge in [-0.25, -0.2) is 0 Å². The fraction of sp³-hybridized carbons (Fsp3) is 0.111. The van der Waals surface area contributed by atoms with Gasteiger partial charge in [0.05, 0.1) is 10.6 Å². The lowest BCUT2D eigenvalue weighted by atomic mass is 10.1. The summed E-state index contributed by atoms with van der Waals surface area (Å²) in [7, 11) is 0. The number of aldehydes is 2. The molecule has 0 aliphatic rings. The molecular formula is C9H4ClF3O2. The highest BCUT2D eigenvalue weighted by atomic mass is 35.5. The predicted octanol–water partition coefficient (Wildman–Crippen LogP) is 2.98. The molecule has 0 radical (unpaired) electrons. The van der Waals surface area contributed by atoms with Gasteiger partial charge in [0.2, 0.25) is 0 Å². The van der Waals surface area contributed by atoms with E-state index in [4.69, 9.17) is 11.6 Å². The summed E-state index contributed by atoms with van der Waals surface area (Å²) in [6.07, 6.45) is -4.29. The number of alkyl halides is 3. The minimum atomic E-state index is -4.69. The predicted molar refractivity (Wildman–Crippen MR) is 47.2 cm³/mol. The Kier molecular flexibility index (Phi) is 3.14. The molecule has 0 aliphatic heterocycles. The van der Waals surface area contributed by atoms with Gasteiger partial charge in [-0.3, -0.25) is 9.59 Å². The lowest BCUT2D eigenvalue weighted by molar-refractivity contribution is -0.137. The van der Waals surface area contributed by atoms with Gasteiger partial charge < -0.3 is 0 Å². The van der Waals surface area contributed by atoms with E-state index in [1.807, 2.05) is 0 Å². The molecule has 0 amide bonds. The second kappa shape index (κ2) is 4.02. The van der Waals surface area contributed by atoms with Crippen LogP contribution in [0.15, 0.2) is 12.1 Å². The molecular weight excluding hydrogens is 233 g/mol. The third-order valence-corrected chi connectivity index (χ3v) is 2.11. The number of halogens is 4. The van der Waals surface area contributed by atoms with Crippen molar-refractivity contribution in [2.75, 3.05) is 0 Å². The Morgan fingerprint density at radius 2 is 1.73 bits per heavy atom. The first-order valence-electron chi connectivity index (χ1n) is 3.71. The van der Waals surface area contributed by atoms with Crippen molar-refractivity contribution in [3.8, 4) is 0 Å². The summed E-state index contributed by atoms with van der Waals surface area (Å²) < 4.78 is 37.1. The van der Waals surface area contributed by atoms with Crippen molar-refractivity contribution in [1.82, 2.24) is 0 Å². The first-order chi connectivity index (χ1) is 6.90. The normalized spacial score (nSPS) is 11.2. The van der Waals surface area contributed by atoms with Crippen molar-refractivity contribution >= 4 is 24.2 Å². The number of carbonyl (C=O) groups excluding carboxylic acids is 2. The SMILES string of the molecule is O=Cc1cc(C=O)c(Cl)c(C(F)(F)F)c1. The van der Waals surface area contributed by atoms with E-state index in [0.717, 1.165) is 6.07 Å². The zero-order chi connectivity index (χ0) is 11.6. The molecule has 0 saturated heterocycles. The van der Waals surface area contributed by atoms with Crippen molar-refractivity contribution in [2.24, 2.45) is 0 Å². The summed E-state index contributed by atoms with van der Waals surface area (Å²) in [6, 6.07) is 1.60. The van der Waals surface area contributed by atoms with Crippen molar-refractivity contribution in [3.63, 3.8) is 0 Å². The molecule has 15 heavy (non-hydrogen) atoms. The van der Waals surface area contributed by atoms with Gasteiger partial charge in [0.15, 0.2) is 6.29 Å². The monoisotopic (exact) mass is 236 g/mol. The maximum Gasteiger partial charge on any atom is 0.417 e. The Morgan fingerprint density at radius 3 is 2.13 bits per heavy atom. The van der Waals surface area contributed by atoms with Crippen LogP contribution in [-0.4, -0.2) is 12.6 Å². The fourth-order valence-corrected chi connectivity index (χ4v) is 1.29. The van der Waals surface area contributed by atoms with Crippen LogP contribution in [0.25, 0.3) is 0 Å². The second-order valence-electron chi connectivity index (χ2n) is 2.71. The van der Waals surface area contributed by atoms with E-state index in [2.05, 4.69) is 0 Å². The van der Waals surface area contributed by atoms with Gasteiger partial charge >= 0.3 is 6.18 Å². The van der Waals surface area contributed by atoms with Crippen molar-refractivity contribution in [1.29, 1.82) is 0 Å². The number of benzene rings is 1. The maximum atomic E-state index is 12.4. The molecule has 0 unspecified atom stereocenters. The van der Waals surface area contributed by atoms with Crippen LogP contribution in [0.5, 0.6) is 0 Å². The molecule has 0 fully saturated rings. The van der Waals surface area contributed by atoms with E-state index in [-0.39, 0.29) is 23.7 Å². The molecule has 0 saturated carbocycles. The Labute approximate surface area is 87.6 Å². The minimum Gasteiger partial charge on any atom is -0.298 e. The number of carbonyl (C=O) groups is 2. The zero-order valence-electron chi connectivity index (χ0n) is 7.14. The third kappa shape index (κ3) is 2.36. The Hall–Kier alpha value is -1.36. The van der Waals surface area contributed by atoms with E-state index < -0.39 is 16.8 Å². The summed E-state index contributed by atoms with van der Waals surface area (Å²) >= 11 is 5.36. The van der Waals surface area contributed by atoms with Crippen LogP contribution in [0.4, 0.5) is 13.2 Å². The molecule has 6 heteroatoms. The highest BCUT2D eigenvalue weighted by Crippen LogP contribution is 2.36. The van der Waals surface area contributed by atoms with E-state index >= 15 is 0 Å². The molecule has 0 aliphatic carbocycles. The smallest absolute Gasteiger partial charge is 0.298 e. The van der Waals surface area contributed by atoms with Gasteiger partial charge in [0.25, 0.3) is 0 Å². The van der Waals surface area contributed by atoms with Gasteiger partial charge in [-0.05, 0) is 12.1 Å². The van der Waals surface area contributed by atoms with Crippen molar-refractivity contribution in [2.45, 2.75) is 6.18 Å². The molecule has 1 rings (SSSR count). The first-order valence-corrected chi connectivity index (χ1v) is 4.09.